The van der Waals surface area contributed by atoms with E-state index >= 15 is 0 Å². The van der Waals surface area contributed by atoms with Gasteiger partial charge in [-0.15, -0.1) is 0 Å². The van der Waals surface area contributed by atoms with Gasteiger partial charge in [0.2, 0.25) is 0 Å². The lowest BCUT2D eigenvalue weighted by Gasteiger charge is -2.35. The largest absolute Gasteiger partial charge is 0.416 e. The van der Waals surface area contributed by atoms with Crippen molar-refractivity contribution in [3.05, 3.63) is 59.2 Å². The fourth-order valence-corrected chi connectivity index (χ4v) is 3.00. The smallest absolute Gasteiger partial charge is 0.367 e. The number of piperazine rings is 1. The third-order valence-corrected chi connectivity index (χ3v) is 4.59. The molecule has 1 heterocycles. The first kappa shape index (κ1) is 20.1. The molecule has 9 heteroatoms. The molecule has 150 valence electrons. The van der Waals surface area contributed by atoms with E-state index in [1.165, 1.54) is 6.07 Å². The zero-order valence-corrected chi connectivity index (χ0v) is 15.0. The van der Waals surface area contributed by atoms with Crippen LogP contribution in [0.2, 0.25) is 0 Å². The lowest BCUT2D eigenvalue weighted by atomic mass is 10.1. The molecule has 1 amide bonds. The number of amides is 1. The molecular formula is C19H18F5N3O. The van der Waals surface area contributed by atoms with E-state index in [0.717, 1.165) is 24.3 Å². The van der Waals surface area contributed by atoms with Crippen molar-refractivity contribution in [1.82, 2.24) is 4.90 Å². The minimum Gasteiger partial charge on any atom is -0.367 e. The molecule has 3 rings (SSSR count). The molecule has 0 radical (unpaired) electrons. The van der Waals surface area contributed by atoms with Gasteiger partial charge in [-0.05, 0) is 37.4 Å². The van der Waals surface area contributed by atoms with Crippen LogP contribution >= 0.6 is 0 Å². The Morgan fingerprint density at radius 2 is 1.68 bits per heavy atom. The van der Waals surface area contributed by atoms with Crippen molar-refractivity contribution in [1.29, 1.82) is 0 Å². The summed E-state index contributed by atoms with van der Waals surface area (Å²) >= 11 is 0. The van der Waals surface area contributed by atoms with Crippen LogP contribution in [0.15, 0.2) is 36.4 Å². The van der Waals surface area contributed by atoms with E-state index in [1.54, 1.807) is 0 Å². The molecule has 0 aliphatic carbocycles. The normalized spacial score (nSPS) is 15.6. The van der Waals surface area contributed by atoms with Crippen LogP contribution in [-0.2, 0) is 6.18 Å². The first-order valence-electron chi connectivity index (χ1n) is 8.56. The number of carbonyl (C=O) groups is 1. The maximum Gasteiger partial charge on any atom is 0.416 e. The van der Waals surface area contributed by atoms with Crippen molar-refractivity contribution in [3.63, 3.8) is 0 Å². The van der Waals surface area contributed by atoms with Crippen molar-refractivity contribution in [3.8, 4) is 0 Å². The van der Waals surface area contributed by atoms with Gasteiger partial charge >= 0.3 is 6.18 Å². The van der Waals surface area contributed by atoms with Gasteiger partial charge in [-0.3, -0.25) is 4.79 Å². The van der Waals surface area contributed by atoms with Gasteiger partial charge in [-0.2, -0.15) is 13.2 Å². The van der Waals surface area contributed by atoms with Crippen LogP contribution in [0.5, 0.6) is 0 Å². The minimum atomic E-state index is -4.60. The lowest BCUT2D eigenvalue weighted by molar-refractivity contribution is -0.137. The number of hydrogen-bond donors (Lipinski definition) is 1. The molecule has 0 atom stereocenters. The van der Waals surface area contributed by atoms with Crippen molar-refractivity contribution < 1.29 is 26.7 Å². The van der Waals surface area contributed by atoms with Crippen molar-refractivity contribution >= 4 is 17.3 Å². The van der Waals surface area contributed by atoms with Crippen LogP contribution in [0.3, 0.4) is 0 Å². The highest BCUT2D eigenvalue weighted by molar-refractivity contribution is 6.06. The number of alkyl halides is 3. The Bertz CT molecular complexity index is 876. The highest BCUT2D eigenvalue weighted by Crippen LogP contribution is 2.36. The van der Waals surface area contributed by atoms with Crippen LogP contribution in [0, 0.1) is 11.6 Å². The standard InChI is InChI=1S/C19H18F5N3O/c1-26-6-8-27(9-7-26)17-5-2-12(19(22,23)24)10-16(17)25-18(28)14-4-3-13(20)11-15(14)21/h2-5,10-11H,6-9H2,1H3,(H,25,28). The third kappa shape index (κ3) is 4.41. The summed E-state index contributed by atoms with van der Waals surface area (Å²) in [4.78, 5) is 16.3. The average molecular weight is 399 g/mol. The predicted molar refractivity (Wildman–Crippen MR) is 95.5 cm³/mol. The van der Waals surface area contributed by atoms with Crippen LogP contribution in [0.1, 0.15) is 15.9 Å². The number of rotatable bonds is 3. The Balaban J connectivity index is 1.95. The molecule has 28 heavy (non-hydrogen) atoms. The van der Waals surface area contributed by atoms with Crippen LogP contribution in [0.25, 0.3) is 0 Å². The topological polar surface area (TPSA) is 35.6 Å². The number of likely N-dealkylation sites (N-methyl/N-ethyl adjacent to an activating group) is 1. The van der Waals surface area contributed by atoms with Gasteiger partial charge in [0.15, 0.2) is 0 Å². The number of nitrogens with one attached hydrogen (secondary N) is 1. The van der Waals surface area contributed by atoms with Crippen molar-refractivity contribution in [2.24, 2.45) is 0 Å². The van der Waals surface area contributed by atoms with E-state index < -0.39 is 34.8 Å². The second-order valence-electron chi connectivity index (χ2n) is 6.60. The first-order valence-corrected chi connectivity index (χ1v) is 8.56. The molecule has 0 saturated carbocycles. The summed E-state index contributed by atoms with van der Waals surface area (Å²) in [5.41, 5.74) is -1.05. The Morgan fingerprint density at radius 3 is 2.29 bits per heavy atom. The highest BCUT2D eigenvalue weighted by Gasteiger charge is 2.32. The zero-order valence-electron chi connectivity index (χ0n) is 15.0. The Labute approximate surface area is 158 Å². The molecule has 2 aromatic carbocycles. The number of halogens is 5. The second-order valence-corrected chi connectivity index (χ2v) is 6.60. The van der Waals surface area contributed by atoms with Crippen molar-refractivity contribution in [2.75, 3.05) is 43.4 Å². The van der Waals surface area contributed by atoms with Gasteiger partial charge in [0.05, 0.1) is 22.5 Å². The van der Waals surface area contributed by atoms with E-state index in [-0.39, 0.29) is 5.69 Å². The Hall–Kier alpha value is -2.68. The summed E-state index contributed by atoms with van der Waals surface area (Å²) in [6.45, 7) is 2.55. The molecular weight excluding hydrogens is 381 g/mol. The monoisotopic (exact) mass is 399 g/mol. The predicted octanol–water partition coefficient (Wildman–Crippen LogP) is 3.99. The molecule has 0 unspecified atom stereocenters. The molecule has 1 aliphatic heterocycles. The molecule has 4 nitrogen and oxygen atoms in total. The lowest BCUT2D eigenvalue weighted by Crippen LogP contribution is -2.44. The fourth-order valence-electron chi connectivity index (χ4n) is 3.00. The Morgan fingerprint density at radius 1 is 1.00 bits per heavy atom. The van der Waals surface area contributed by atoms with Gasteiger partial charge in [0.1, 0.15) is 11.6 Å². The Kier molecular flexibility index (Phi) is 5.55. The quantitative estimate of drug-likeness (QED) is 0.793. The molecule has 1 N–H and O–H groups in total. The highest BCUT2D eigenvalue weighted by atomic mass is 19.4. The van der Waals surface area contributed by atoms with Crippen LogP contribution < -0.4 is 10.2 Å². The molecule has 0 spiro atoms. The van der Waals surface area contributed by atoms with Crippen LogP contribution in [-0.4, -0.2) is 44.0 Å². The number of hydrogen-bond acceptors (Lipinski definition) is 3. The van der Waals surface area contributed by atoms with E-state index in [2.05, 4.69) is 10.2 Å². The second kappa shape index (κ2) is 7.75. The van der Waals surface area contributed by atoms with E-state index in [0.29, 0.717) is 37.9 Å². The summed E-state index contributed by atoms with van der Waals surface area (Å²) in [6.07, 6.45) is -4.60. The summed E-state index contributed by atoms with van der Waals surface area (Å²) in [5.74, 6) is -2.90. The number of anilines is 2. The van der Waals surface area contributed by atoms with Gasteiger partial charge in [-0.25, -0.2) is 8.78 Å². The number of carbonyl (C=O) groups excluding carboxylic acids is 1. The number of benzene rings is 2. The first-order chi connectivity index (χ1) is 13.1. The maximum atomic E-state index is 13.9. The summed E-state index contributed by atoms with van der Waals surface area (Å²) in [6, 6.07) is 5.47. The van der Waals surface area contributed by atoms with Crippen molar-refractivity contribution in [2.45, 2.75) is 6.18 Å². The van der Waals surface area contributed by atoms with Gasteiger partial charge in [-0.1, -0.05) is 0 Å². The fraction of sp³-hybridized carbons (Fsp3) is 0.316. The number of nitrogens with zero attached hydrogens (tertiary/aromatic N) is 2. The van der Waals surface area contributed by atoms with E-state index in [1.807, 2.05) is 11.9 Å². The minimum absolute atomic E-state index is 0.0758. The van der Waals surface area contributed by atoms with Gasteiger partial charge in [0.25, 0.3) is 5.91 Å². The third-order valence-electron chi connectivity index (χ3n) is 4.59. The van der Waals surface area contributed by atoms with Crippen LogP contribution in [0.4, 0.5) is 33.3 Å². The van der Waals surface area contributed by atoms with Gasteiger partial charge < -0.3 is 15.1 Å². The molecule has 1 saturated heterocycles. The molecule has 1 fully saturated rings. The SMILES string of the molecule is CN1CCN(c2ccc(C(F)(F)F)cc2NC(=O)c2ccc(F)cc2F)CC1. The molecule has 2 aromatic rings. The summed E-state index contributed by atoms with van der Waals surface area (Å²) < 4.78 is 66.3. The molecule has 0 bridgehead atoms. The molecule has 0 aromatic heterocycles. The summed E-state index contributed by atoms with van der Waals surface area (Å²) in [7, 11) is 1.93. The summed E-state index contributed by atoms with van der Waals surface area (Å²) in [5, 5.41) is 2.35. The van der Waals surface area contributed by atoms with E-state index in [4.69, 9.17) is 0 Å². The van der Waals surface area contributed by atoms with Gasteiger partial charge in [0, 0.05) is 32.2 Å². The average Bonchev–Trinajstić information content (AvgIpc) is 2.61. The molecule has 1 aliphatic rings. The van der Waals surface area contributed by atoms with E-state index in [9.17, 15) is 26.7 Å². The zero-order chi connectivity index (χ0) is 20.5. The maximum absolute atomic E-state index is 13.9.